The van der Waals surface area contributed by atoms with Crippen molar-refractivity contribution in [1.29, 1.82) is 0 Å². The number of carboxylic acid groups (broad SMARTS) is 2. The molecule has 0 radical (unpaired) electrons. The molecular formula is C11H14O4. The van der Waals surface area contributed by atoms with E-state index in [9.17, 15) is 9.59 Å². The third-order valence-electron chi connectivity index (χ3n) is 2.62. The fourth-order valence-electron chi connectivity index (χ4n) is 1.65. The monoisotopic (exact) mass is 210 g/mol. The molecule has 0 aromatic heterocycles. The van der Waals surface area contributed by atoms with Gasteiger partial charge in [-0.3, -0.25) is 9.59 Å². The van der Waals surface area contributed by atoms with E-state index in [1.807, 2.05) is 13.8 Å². The van der Waals surface area contributed by atoms with Crippen LogP contribution in [0.15, 0.2) is 23.3 Å². The molecule has 0 amide bonds. The Hall–Kier alpha value is -1.58. The molecule has 1 aliphatic rings. The lowest BCUT2D eigenvalue weighted by Crippen LogP contribution is -2.30. The summed E-state index contributed by atoms with van der Waals surface area (Å²) in [6.07, 6.45) is 3.48. The van der Waals surface area contributed by atoms with Crippen LogP contribution in [0.2, 0.25) is 0 Å². The van der Waals surface area contributed by atoms with Gasteiger partial charge in [-0.05, 0) is 25.8 Å². The summed E-state index contributed by atoms with van der Waals surface area (Å²) in [4.78, 5) is 21.7. The first-order chi connectivity index (χ1) is 6.93. The van der Waals surface area contributed by atoms with Crippen molar-refractivity contribution in [2.24, 2.45) is 11.8 Å². The molecule has 2 N–H and O–H groups in total. The van der Waals surface area contributed by atoms with Crippen molar-refractivity contribution in [2.45, 2.75) is 20.3 Å². The minimum Gasteiger partial charge on any atom is -0.481 e. The Morgan fingerprint density at radius 2 is 1.87 bits per heavy atom. The third-order valence-corrected chi connectivity index (χ3v) is 2.62. The van der Waals surface area contributed by atoms with Gasteiger partial charge < -0.3 is 10.2 Å². The number of carboxylic acids is 2. The quantitative estimate of drug-likeness (QED) is 0.727. The predicted octanol–water partition coefficient (Wildman–Crippen LogP) is 1.68. The number of hydrogen-bond acceptors (Lipinski definition) is 2. The summed E-state index contributed by atoms with van der Waals surface area (Å²) in [6, 6.07) is 0. The van der Waals surface area contributed by atoms with Gasteiger partial charge in [0.25, 0.3) is 0 Å². The minimum absolute atomic E-state index is 0.297. The van der Waals surface area contributed by atoms with Gasteiger partial charge in [0.1, 0.15) is 0 Å². The summed E-state index contributed by atoms with van der Waals surface area (Å²) in [6.45, 7) is 3.78. The maximum atomic E-state index is 10.9. The highest BCUT2D eigenvalue weighted by molar-refractivity contribution is 5.82. The molecule has 0 aromatic rings. The molecular weight excluding hydrogens is 196 g/mol. The molecule has 2 atom stereocenters. The largest absolute Gasteiger partial charge is 0.481 e. The Morgan fingerprint density at radius 3 is 2.27 bits per heavy atom. The molecule has 82 valence electrons. The molecule has 0 saturated carbocycles. The fourth-order valence-corrected chi connectivity index (χ4v) is 1.65. The van der Waals surface area contributed by atoms with Crippen molar-refractivity contribution in [3.8, 4) is 0 Å². The van der Waals surface area contributed by atoms with E-state index in [2.05, 4.69) is 0 Å². The standard InChI is InChI=1S/C11H14O4/c1-6(2)7-3-4-8(10(12)13)9(5-7)11(14)15/h3-4,8-9H,5H2,1-2H3,(H,12,13)(H,14,15). The highest BCUT2D eigenvalue weighted by atomic mass is 16.4. The van der Waals surface area contributed by atoms with Crippen LogP contribution in [0.3, 0.4) is 0 Å². The highest BCUT2D eigenvalue weighted by Gasteiger charge is 2.34. The van der Waals surface area contributed by atoms with Crippen molar-refractivity contribution in [3.05, 3.63) is 23.3 Å². The topological polar surface area (TPSA) is 74.6 Å². The lowest BCUT2D eigenvalue weighted by atomic mass is 9.80. The van der Waals surface area contributed by atoms with Gasteiger partial charge in [0.05, 0.1) is 11.8 Å². The smallest absolute Gasteiger partial charge is 0.311 e. The second-order valence-electron chi connectivity index (χ2n) is 3.90. The van der Waals surface area contributed by atoms with E-state index in [4.69, 9.17) is 10.2 Å². The fraction of sp³-hybridized carbons (Fsp3) is 0.455. The van der Waals surface area contributed by atoms with Crippen molar-refractivity contribution in [3.63, 3.8) is 0 Å². The van der Waals surface area contributed by atoms with E-state index < -0.39 is 23.8 Å². The van der Waals surface area contributed by atoms with E-state index in [0.29, 0.717) is 6.42 Å². The second kappa shape index (κ2) is 4.29. The van der Waals surface area contributed by atoms with Crippen molar-refractivity contribution in [1.82, 2.24) is 0 Å². The number of hydrogen-bond donors (Lipinski definition) is 2. The molecule has 0 bridgehead atoms. The van der Waals surface area contributed by atoms with Gasteiger partial charge >= 0.3 is 11.9 Å². The van der Waals surface area contributed by atoms with Crippen LogP contribution in [0.25, 0.3) is 0 Å². The zero-order chi connectivity index (χ0) is 11.6. The van der Waals surface area contributed by atoms with Crippen LogP contribution in [0.5, 0.6) is 0 Å². The Morgan fingerprint density at radius 1 is 1.27 bits per heavy atom. The van der Waals surface area contributed by atoms with Crippen molar-refractivity contribution in [2.75, 3.05) is 0 Å². The molecule has 0 heterocycles. The van der Waals surface area contributed by atoms with Crippen LogP contribution in [-0.2, 0) is 9.59 Å². The summed E-state index contributed by atoms with van der Waals surface area (Å²) in [5, 5.41) is 17.8. The van der Waals surface area contributed by atoms with Gasteiger partial charge in [-0.2, -0.15) is 0 Å². The number of allylic oxidation sites excluding steroid dienone is 3. The molecule has 1 aliphatic carbocycles. The SMILES string of the molecule is CC(C)=C1C=CC(C(=O)O)C(C(=O)O)C1. The maximum Gasteiger partial charge on any atom is 0.311 e. The van der Waals surface area contributed by atoms with E-state index in [0.717, 1.165) is 11.1 Å². The van der Waals surface area contributed by atoms with Crippen LogP contribution in [0.4, 0.5) is 0 Å². The van der Waals surface area contributed by atoms with Gasteiger partial charge in [0, 0.05) is 0 Å². The Kier molecular flexibility index (Phi) is 3.29. The van der Waals surface area contributed by atoms with Crippen LogP contribution in [-0.4, -0.2) is 22.2 Å². The second-order valence-corrected chi connectivity index (χ2v) is 3.90. The van der Waals surface area contributed by atoms with Gasteiger partial charge in [0.15, 0.2) is 0 Å². The molecule has 2 unspecified atom stereocenters. The number of aliphatic carboxylic acids is 2. The highest BCUT2D eigenvalue weighted by Crippen LogP contribution is 2.30. The molecule has 4 nitrogen and oxygen atoms in total. The Balaban J connectivity index is 3.04. The Bertz CT molecular complexity index is 348. The lowest BCUT2D eigenvalue weighted by molar-refractivity contribution is -0.151. The van der Waals surface area contributed by atoms with Gasteiger partial charge in [-0.1, -0.05) is 17.7 Å². The first-order valence-corrected chi connectivity index (χ1v) is 4.73. The zero-order valence-corrected chi connectivity index (χ0v) is 8.73. The van der Waals surface area contributed by atoms with Gasteiger partial charge in [0.2, 0.25) is 0 Å². The van der Waals surface area contributed by atoms with Crippen molar-refractivity contribution < 1.29 is 19.8 Å². The van der Waals surface area contributed by atoms with Crippen LogP contribution >= 0.6 is 0 Å². The molecule has 0 aromatic carbocycles. The molecule has 0 saturated heterocycles. The summed E-state index contributed by atoms with van der Waals surface area (Å²) in [7, 11) is 0. The summed E-state index contributed by atoms with van der Waals surface area (Å²) in [5.74, 6) is -3.89. The normalized spacial score (nSPS) is 25.1. The van der Waals surface area contributed by atoms with Crippen molar-refractivity contribution >= 4 is 11.9 Å². The first-order valence-electron chi connectivity index (χ1n) is 4.73. The van der Waals surface area contributed by atoms with Crippen LogP contribution < -0.4 is 0 Å². The molecule has 0 aliphatic heterocycles. The number of rotatable bonds is 2. The zero-order valence-electron chi connectivity index (χ0n) is 8.73. The van der Waals surface area contributed by atoms with Gasteiger partial charge in [-0.25, -0.2) is 0 Å². The third kappa shape index (κ3) is 2.46. The van der Waals surface area contributed by atoms with Crippen LogP contribution in [0, 0.1) is 11.8 Å². The Labute approximate surface area is 87.9 Å². The minimum atomic E-state index is -1.08. The van der Waals surface area contributed by atoms with E-state index in [1.54, 1.807) is 6.08 Å². The van der Waals surface area contributed by atoms with E-state index >= 15 is 0 Å². The average molecular weight is 210 g/mol. The maximum absolute atomic E-state index is 10.9. The molecule has 0 spiro atoms. The molecule has 4 heteroatoms. The van der Waals surface area contributed by atoms with E-state index in [1.165, 1.54) is 6.08 Å². The molecule has 0 fully saturated rings. The summed E-state index contributed by atoms with van der Waals surface area (Å²) < 4.78 is 0. The average Bonchev–Trinajstić information content (AvgIpc) is 2.16. The summed E-state index contributed by atoms with van der Waals surface area (Å²) in [5.41, 5.74) is 1.95. The first kappa shape index (κ1) is 11.5. The lowest BCUT2D eigenvalue weighted by Gasteiger charge is -2.23. The summed E-state index contributed by atoms with van der Waals surface area (Å²) >= 11 is 0. The van der Waals surface area contributed by atoms with Gasteiger partial charge in [-0.15, -0.1) is 0 Å². The number of carbonyl (C=O) groups is 2. The van der Waals surface area contributed by atoms with Crippen LogP contribution in [0.1, 0.15) is 20.3 Å². The van der Waals surface area contributed by atoms with E-state index in [-0.39, 0.29) is 0 Å². The molecule has 15 heavy (non-hydrogen) atoms. The predicted molar refractivity (Wildman–Crippen MR) is 54.4 cm³/mol. The molecule has 1 rings (SSSR count).